The molecule has 2 amide bonds. The highest BCUT2D eigenvalue weighted by molar-refractivity contribution is 7.14. The summed E-state index contributed by atoms with van der Waals surface area (Å²) in [5.41, 5.74) is 2.39. The molecule has 11 heteroatoms. The molecule has 1 aliphatic heterocycles. The molecule has 1 aliphatic rings. The Morgan fingerprint density at radius 3 is 2.88 bits per heavy atom. The van der Waals surface area contributed by atoms with E-state index in [2.05, 4.69) is 16.4 Å². The Hall–Kier alpha value is -3.91. The maximum atomic E-state index is 12.5. The van der Waals surface area contributed by atoms with Crippen LogP contribution in [0.5, 0.6) is 0 Å². The molecule has 10 nitrogen and oxygen atoms in total. The van der Waals surface area contributed by atoms with Gasteiger partial charge in [-0.2, -0.15) is 5.26 Å². The van der Waals surface area contributed by atoms with E-state index in [1.165, 1.54) is 11.3 Å². The lowest BCUT2D eigenvalue weighted by molar-refractivity contribution is -0.146. The third-order valence-corrected chi connectivity index (χ3v) is 6.54. The zero-order valence-corrected chi connectivity index (χ0v) is 19.6. The lowest BCUT2D eigenvalue weighted by atomic mass is 10.2. The van der Waals surface area contributed by atoms with Gasteiger partial charge in [-0.15, -0.1) is 11.3 Å². The molecule has 1 saturated heterocycles. The monoisotopic (exact) mass is 481 g/mol. The molecule has 34 heavy (non-hydrogen) atoms. The fourth-order valence-electron chi connectivity index (χ4n) is 3.75. The molecular formula is C23H23N5O5S. The Bertz CT molecular complexity index is 1270. The van der Waals surface area contributed by atoms with Crippen LogP contribution in [0.1, 0.15) is 41.1 Å². The van der Waals surface area contributed by atoms with E-state index < -0.39 is 18.5 Å². The highest BCUT2D eigenvalue weighted by Crippen LogP contribution is 2.28. The number of aromatic nitrogens is 2. The molecule has 0 saturated carbocycles. The van der Waals surface area contributed by atoms with E-state index >= 15 is 0 Å². The highest BCUT2D eigenvalue weighted by Gasteiger charge is 2.25. The number of nitriles is 1. The number of furan rings is 1. The predicted octanol–water partition coefficient (Wildman–Crippen LogP) is 2.93. The van der Waals surface area contributed by atoms with Crippen molar-refractivity contribution in [3.63, 3.8) is 0 Å². The summed E-state index contributed by atoms with van der Waals surface area (Å²) in [5.74, 6) is -0.153. The Kier molecular flexibility index (Phi) is 6.79. The van der Waals surface area contributed by atoms with Crippen molar-refractivity contribution in [1.82, 2.24) is 9.55 Å². The molecule has 3 aromatic rings. The summed E-state index contributed by atoms with van der Waals surface area (Å²) in [7, 11) is 0. The zero-order valence-electron chi connectivity index (χ0n) is 18.8. The summed E-state index contributed by atoms with van der Waals surface area (Å²) < 4.78 is 12.3. The van der Waals surface area contributed by atoms with E-state index in [4.69, 9.17) is 9.15 Å². The minimum atomic E-state index is -0.612. The summed E-state index contributed by atoms with van der Waals surface area (Å²) in [5, 5.41) is 14.6. The third-order valence-electron chi connectivity index (χ3n) is 5.63. The number of nitrogens with zero attached hydrogens (tertiary/aromatic N) is 4. The van der Waals surface area contributed by atoms with Crippen molar-refractivity contribution < 1.29 is 23.5 Å². The van der Waals surface area contributed by atoms with E-state index in [1.807, 2.05) is 6.92 Å². The van der Waals surface area contributed by atoms with Crippen LogP contribution in [0.4, 0.5) is 10.9 Å². The summed E-state index contributed by atoms with van der Waals surface area (Å²) in [6.45, 7) is 4.12. The molecule has 0 atom stereocenters. The number of nitrogens with one attached hydrogen (secondary N) is 1. The molecule has 0 aliphatic carbocycles. The highest BCUT2D eigenvalue weighted by atomic mass is 32.1. The number of rotatable bonds is 8. The number of ether oxygens (including phenoxy) is 1. The van der Waals surface area contributed by atoms with Crippen molar-refractivity contribution in [2.75, 3.05) is 23.4 Å². The molecule has 1 fully saturated rings. The van der Waals surface area contributed by atoms with Gasteiger partial charge in [-0.25, -0.2) is 4.98 Å². The molecular weight excluding hydrogens is 458 g/mol. The quantitative estimate of drug-likeness (QED) is 0.490. The SMILES string of the molecule is Cc1c(C#N)c(NC(=O)COC(=O)Cc2csc(N3CCCC3=O)n2)n(Cc2ccco2)c1C. The van der Waals surface area contributed by atoms with Crippen LogP contribution < -0.4 is 10.2 Å². The molecule has 176 valence electrons. The van der Waals surface area contributed by atoms with E-state index in [0.29, 0.717) is 47.5 Å². The average Bonchev–Trinajstić information content (AvgIpc) is 3.60. The van der Waals surface area contributed by atoms with Crippen molar-refractivity contribution in [2.24, 2.45) is 0 Å². The summed E-state index contributed by atoms with van der Waals surface area (Å²) in [6.07, 6.45) is 2.74. The number of hydrogen-bond donors (Lipinski definition) is 1. The number of hydrogen-bond acceptors (Lipinski definition) is 8. The molecule has 4 heterocycles. The van der Waals surface area contributed by atoms with E-state index in [-0.39, 0.29) is 12.3 Å². The normalized spacial score (nSPS) is 13.2. The van der Waals surface area contributed by atoms with Crippen LogP contribution in [-0.4, -0.2) is 40.5 Å². The molecule has 0 unspecified atom stereocenters. The average molecular weight is 482 g/mol. The Morgan fingerprint density at radius 2 is 2.21 bits per heavy atom. The van der Waals surface area contributed by atoms with Gasteiger partial charge in [-0.1, -0.05) is 0 Å². The second-order valence-electron chi connectivity index (χ2n) is 7.87. The van der Waals surface area contributed by atoms with Crippen LogP contribution in [0.3, 0.4) is 0 Å². The first-order valence-electron chi connectivity index (χ1n) is 10.7. The number of thiazole rings is 1. The molecule has 1 N–H and O–H groups in total. The van der Waals surface area contributed by atoms with Crippen molar-refractivity contribution in [3.8, 4) is 6.07 Å². The fourth-order valence-corrected chi connectivity index (χ4v) is 4.62. The minimum absolute atomic E-state index is 0.0270. The van der Waals surface area contributed by atoms with Crippen LogP contribution in [-0.2, 0) is 32.1 Å². The smallest absolute Gasteiger partial charge is 0.312 e. The number of carbonyl (C=O) groups excluding carboxylic acids is 3. The van der Waals surface area contributed by atoms with Gasteiger partial charge < -0.3 is 19.0 Å². The Labute approximate surface area is 199 Å². The third kappa shape index (κ3) is 4.87. The van der Waals surface area contributed by atoms with Crippen molar-refractivity contribution in [1.29, 1.82) is 5.26 Å². The first-order valence-corrected chi connectivity index (χ1v) is 11.6. The summed E-state index contributed by atoms with van der Waals surface area (Å²) >= 11 is 1.30. The van der Waals surface area contributed by atoms with Gasteiger partial charge in [0, 0.05) is 24.0 Å². The molecule has 0 spiro atoms. The predicted molar refractivity (Wildman–Crippen MR) is 123 cm³/mol. The van der Waals surface area contributed by atoms with Crippen molar-refractivity contribution in [2.45, 2.75) is 39.7 Å². The maximum absolute atomic E-state index is 12.5. The van der Waals surface area contributed by atoms with Gasteiger partial charge in [-0.05, 0) is 38.0 Å². The standard InChI is InChI=1S/C23H23N5O5S/c1-14-15(2)28(11-17-5-4-8-32-17)22(18(14)10-24)26-19(29)12-33-21(31)9-16-13-34-23(25-16)27-7-3-6-20(27)30/h4-5,8,13H,3,6-7,9,11-12H2,1-2H3,(H,26,29). The van der Waals surface area contributed by atoms with Crippen LogP contribution in [0.15, 0.2) is 28.2 Å². The van der Waals surface area contributed by atoms with Gasteiger partial charge in [0.05, 0.1) is 30.5 Å². The molecule has 3 aromatic heterocycles. The molecule has 4 rings (SSSR count). The summed E-state index contributed by atoms with van der Waals surface area (Å²) in [6, 6.07) is 5.69. The van der Waals surface area contributed by atoms with Crippen molar-refractivity contribution >= 4 is 40.1 Å². The van der Waals surface area contributed by atoms with Gasteiger partial charge in [0.2, 0.25) is 5.91 Å². The summed E-state index contributed by atoms with van der Waals surface area (Å²) in [4.78, 5) is 42.6. The minimum Gasteiger partial charge on any atom is -0.467 e. The van der Waals surface area contributed by atoms with Crippen LogP contribution in [0.25, 0.3) is 0 Å². The van der Waals surface area contributed by atoms with Gasteiger partial charge in [-0.3, -0.25) is 19.3 Å². The largest absolute Gasteiger partial charge is 0.467 e. The van der Waals surface area contributed by atoms with Gasteiger partial charge >= 0.3 is 5.97 Å². The lowest BCUT2D eigenvalue weighted by Crippen LogP contribution is -2.24. The molecule has 0 radical (unpaired) electrons. The van der Waals surface area contributed by atoms with Gasteiger partial charge in [0.25, 0.3) is 5.91 Å². The number of esters is 1. The van der Waals surface area contributed by atoms with Crippen LogP contribution >= 0.6 is 11.3 Å². The topological polar surface area (TPSA) is 130 Å². The Balaban J connectivity index is 1.36. The van der Waals surface area contributed by atoms with E-state index in [1.54, 1.807) is 40.2 Å². The lowest BCUT2D eigenvalue weighted by Gasteiger charge is -2.12. The molecule has 0 bridgehead atoms. The zero-order chi connectivity index (χ0) is 24.2. The van der Waals surface area contributed by atoms with Gasteiger partial charge in [0.1, 0.15) is 17.6 Å². The van der Waals surface area contributed by atoms with Crippen LogP contribution in [0.2, 0.25) is 0 Å². The van der Waals surface area contributed by atoms with Gasteiger partial charge in [0.15, 0.2) is 11.7 Å². The number of anilines is 2. The van der Waals surface area contributed by atoms with E-state index in [0.717, 1.165) is 17.7 Å². The number of amides is 2. The first kappa shape index (κ1) is 23.3. The number of carbonyl (C=O) groups is 3. The maximum Gasteiger partial charge on any atom is 0.312 e. The fraction of sp³-hybridized carbons (Fsp3) is 0.348. The first-order chi connectivity index (χ1) is 16.4. The van der Waals surface area contributed by atoms with Crippen LogP contribution in [0, 0.1) is 25.2 Å². The second-order valence-corrected chi connectivity index (χ2v) is 8.70. The Morgan fingerprint density at radius 1 is 1.38 bits per heavy atom. The van der Waals surface area contributed by atoms with E-state index in [9.17, 15) is 19.6 Å². The second kappa shape index (κ2) is 9.93. The van der Waals surface area contributed by atoms with Crippen molar-refractivity contribution in [3.05, 3.63) is 52.1 Å². The molecule has 0 aromatic carbocycles.